The topological polar surface area (TPSA) is 29.3 Å². The normalized spacial score (nSPS) is 17.1. The number of hydrogen-bond donors (Lipinski definition) is 1. The molecule has 0 amide bonds. The van der Waals surface area contributed by atoms with Crippen molar-refractivity contribution in [1.82, 2.24) is 4.90 Å². The quantitative estimate of drug-likeness (QED) is 0.679. The number of nitrogens with two attached hydrogens (primary N) is 1. The molecule has 0 spiro atoms. The van der Waals surface area contributed by atoms with Gasteiger partial charge in [0.2, 0.25) is 0 Å². The zero-order valence-electron chi connectivity index (χ0n) is 12.1. The third-order valence-electron chi connectivity index (χ3n) is 4.21. The Balaban J connectivity index is 2.03. The molecule has 20 heavy (non-hydrogen) atoms. The lowest BCUT2D eigenvalue weighted by molar-refractivity contribution is 0.210. The van der Waals surface area contributed by atoms with Crippen LogP contribution in [0.3, 0.4) is 0 Å². The van der Waals surface area contributed by atoms with E-state index in [2.05, 4.69) is 11.9 Å². The van der Waals surface area contributed by atoms with Gasteiger partial charge >= 0.3 is 0 Å². The molecular weight excluding hydrogens is 271 g/mol. The monoisotopic (exact) mass is 294 g/mol. The molecule has 0 atom stereocenters. The summed E-state index contributed by atoms with van der Waals surface area (Å²) in [5.74, 6) is -0.212. The highest BCUT2D eigenvalue weighted by atomic mass is 32.1. The number of halogens is 1. The Morgan fingerprint density at radius 3 is 2.50 bits per heavy atom. The van der Waals surface area contributed by atoms with Crippen LogP contribution < -0.4 is 5.73 Å². The van der Waals surface area contributed by atoms with Crippen molar-refractivity contribution in [1.29, 1.82) is 0 Å². The zero-order valence-corrected chi connectivity index (χ0v) is 12.9. The largest absolute Gasteiger partial charge is 0.389 e. The van der Waals surface area contributed by atoms with Crippen LogP contribution in [0.4, 0.5) is 4.39 Å². The molecule has 4 heteroatoms. The second-order valence-electron chi connectivity index (χ2n) is 5.73. The van der Waals surface area contributed by atoms with Crippen molar-refractivity contribution in [2.45, 2.75) is 51.1 Å². The van der Waals surface area contributed by atoms with E-state index in [1.807, 2.05) is 6.07 Å². The number of hydrogen-bond acceptors (Lipinski definition) is 2. The number of rotatable bonds is 4. The molecule has 1 aromatic rings. The predicted molar refractivity (Wildman–Crippen MR) is 85.2 cm³/mol. The molecule has 2 N–H and O–H groups in total. The fourth-order valence-electron chi connectivity index (χ4n) is 2.93. The van der Waals surface area contributed by atoms with Crippen LogP contribution >= 0.6 is 12.2 Å². The van der Waals surface area contributed by atoms with E-state index in [1.54, 1.807) is 6.07 Å². The van der Waals surface area contributed by atoms with Crippen LogP contribution in [0.1, 0.15) is 49.7 Å². The second kappa shape index (κ2) is 7.14. The minimum Gasteiger partial charge on any atom is -0.389 e. The summed E-state index contributed by atoms with van der Waals surface area (Å²) in [6.45, 7) is 0.647. The van der Waals surface area contributed by atoms with Crippen LogP contribution in [-0.2, 0) is 6.54 Å². The highest BCUT2D eigenvalue weighted by molar-refractivity contribution is 7.80. The second-order valence-corrected chi connectivity index (χ2v) is 6.17. The molecule has 0 saturated heterocycles. The standard InChI is InChI=1S/C16H23FN2S/c1-19(14-6-4-2-3-5-7-14)11-13-9-8-12(16(18)20)10-15(13)17/h8-10,14H,2-7,11H2,1H3,(H2,18,20). The number of nitrogens with zero attached hydrogens (tertiary/aromatic N) is 1. The Kier molecular flexibility index (Phi) is 5.49. The Bertz CT molecular complexity index is 468. The summed E-state index contributed by atoms with van der Waals surface area (Å²) in [4.78, 5) is 2.53. The summed E-state index contributed by atoms with van der Waals surface area (Å²) >= 11 is 4.87. The van der Waals surface area contributed by atoms with Crippen LogP contribution in [0.2, 0.25) is 0 Å². The van der Waals surface area contributed by atoms with E-state index in [0.717, 1.165) is 5.56 Å². The highest BCUT2D eigenvalue weighted by Gasteiger charge is 2.18. The maximum atomic E-state index is 14.1. The SMILES string of the molecule is CN(Cc1ccc(C(N)=S)cc1F)C1CCCCCC1. The molecule has 0 radical (unpaired) electrons. The third-order valence-corrected chi connectivity index (χ3v) is 4.44. The minimum atomic E-state index is -0.212. The predicted octanol–water partition coefficient (Wildman–Crippen LogP) is 3.61. The summed E-state index contributed by atoms with van der Waals surface area (Å²) in [6, 6.07) is 5.63. The first-order chi connectivity index (χ1) is 9.58. The first-order valence-corrected chi connectivity index (χ1v) is 7.77. The van der Waals surface area contributed by atoms with Crippen LogP contribution in [-0.4, -0.2) is 23.0 Å². The molecule has 1 saturated carbocycles. The maximum Gasteiger partial charge on any atom is 0.128 e. The van der Waals surface area contributed by atoms with Gasteiger partial charge in [-0.25, -0.2) is 4.39 Å². The van der Waals surface area contributed by atoms with E-state index in [1.165, 1.54) is 44.6 Å². The van der Waals surface area contributed by atoms with E-state index in [9.17, 15) is 4.39 Å². The summed E-state index contributed by atoms with van der Waals surface area (Å²) < 4.78 is 14.1. The lowest BCUT2D eigenvalue weighted by Crippen LogP contribution is -2.31. The van der Waals surface area contributed by atoms with Crippen molar-refractivity contribution in [3.05, 3.63) is 35.1 Å². The Labute approximate surface area is 126 Å². The lowest BCUT2D eigenvalue weighted by atomic mass is 10.1. The smallest absolute Gasteiger partial charge is 0.128 e. The zero-order chi connectivity index (χ0) is 14.5. The van der Waals surface area contributed by atoms with Gasteiger partial charge in [-0.1, -0.05) is 50.0 Å². The van der Waals surface area contributed by atoms with Crippen LogP contribution in [0, 0.1) is 5.82 Å². The molecule has 0 heterocycles. The van der Waals surface area contributed by atoms with Gasteiger partial charge in [0.25, 0.3) is 0 Å². The molecular formula is C16H23FN2S. The van der Waals surface area contributed by atoms with E-state index < -0.39 is 0 Å². The molecule has 1 aliphatic carbocycles. The Morgan fingerprint density at radius 1 is 1.30 bits per heavy atom. The molecule has 0 aromatic heterocycles. The van der Waals surface area contributed by atoms with Crippen molar-refractivity contribution < 1.29 is 4.39 Å². The average Bonchev–Trinajstić information content (AvgIpc) is 2.69. The number of thiocarbonyl (C=S) groups is 1. The van der Waals surface area contributed by atoms with Gasteiger partial charge in [-0.2, -0.15) is 0 Å². The van der Waals surface area contributed by atoms with Crippen LogP contribution in [0.5, 0.6) is 0 Å². The summed E-state index contributed by atoms with van der Waals surface area (Å²) in [6.07, 6.45) is 7.70. The summed E-state index contributed by atoms with van der Waals surface area (Å²) in [5.41, 5.74) is 6.84. The van der Waals surface area contributed by atoms with Crippen molar-refractivity contribution in [2.75, 3.05) is 7.05 Å². The first-order valence-electron chi connectivity index (χ1n) is 7.36. The van der Waals surface area contributed by atoms with Crippen molar-refractivity contribution in [2.24, 2.45) is 5.73 Å². The molecule has 2 nitrogen and oxygen atoms in total. The summed E-state index contributed by atoms with van der Waals surface area (Å²) in [7, 11) is 2.09. The van der Waals surface area contributed by atoms with E-state index in [4.69, 9.17) is 18.0 Å². The highest BCUT2D eigenvalue weighted by Crippen LogP contribution is 2.23. The maximum absolute atomic E-state index is 14.1. The molecule has 1 aromatic carbocycles. The fourth-order valence-corrected chi connectivity index (χ4v) is 3.05. The van der Waals surface area contributed by atoms with Gasteiger partial charge in [-0.05, 0) is 26.0 Å². The molecule has 0 unspecified atom stereocenters. The van der Waals surface area contributed by atoms with Gasteiger partial charge in [-0.3, -0.25) is 4.90 Å². The van der Waals surface area contributed by atoms with Gasteiger partial charge in [0, 0.05) is 23.7 Å². The number of benzene rings is 1. The van der Waals surface area contributed by atoms with Crippen molar-refractivity contribution in [3.8, 4) is 0 Å². The average molecular weight is 294 g/mol. The van der Waals surface area contributed by atoms with Gasteiger partial charge in [0.1, 0.15) is 10.8 Å². The van der Waals surface area contributed by atoms with Gasteiger partial charge in [0.15, 0.2) is 0 Å². The van der Waals surface area contributed by atoms with Crippen LogP contribution in [0.15, 0.2) is 18.2 Å². The molecule has 1 fully saturated rings. The molecule has 0 aliphatic heterocycles. The first kappa shape index (κ1) is 15.4. The molecule has 110 valence electrons. The van der Waals surface area contributed by atoms with E-state index in [0.29, 0.717) is 18.2 Å². The lowest BCUT2D eigenvalue weighted by Gasteiger charge is -2.27. The fraction of sp³-hybridized carbons (Fsp3) is 0.562. The molecule has 0 bridgehead atoms. The van der Waals surface area contributed by atoms with Gasteiger partial charge in [0.05, 0.1) is 0 Å². The van der Waals surface area contributed by atoms with Crippen molar-refractivity contribution >= 4 is 17.2 Å². The van der Waals surface area contributed by atoms with E-state index in [-0.39, 0.29) is 10.8 Å². The van der Waals surface area contributed by atoms with E-state index >= 15 is 0 Å². The van der Waals surface area contributed by atoms with Crippen molar-refractivity contribution in [3.63, 3.8) is 0 Å². The van der Waals surface area contributed by atoms with Crippen LogP contribution in [0.25, 0.3) is 0 Å². The molecule has 1 aliphatic rings. The third kappa shape index (κ3) is 4.00. The summed E-state index contributed by atoms with van der Waals surface area (Å²) in [5, 5.41) is 0. The Hall–Kier alpha value is -1.00. The van der Waals surface area contributed by atoms with Gasteiger partial charge in [-0.15, -0.1) is 0 Å². The minimum absolute atomic E-state index is 0.212. The Morgan fingerprint density at radius 2 is 1.95 bits per heavy atom. The van der Waals surface area contributed by atoms with Gasteiger partial charge < -0.3 is 5.73 Å². The molecule has 2 rings (SSSR count).